The van der Waals surface area contributed by atoms with Crippen molar-refractivity contribution in [3.63, 3.8) is 0 Å². The molecular formula is C8H8N2O2. The lowest BCUT2D eigenvalue weighted by Crippen LogP contribution is -1.89. The average molecular weight is 169 g/mol. The molecule has 0 aliphatic carbocycles. The lowest BCUT2D eigenvalue weighted by molar-refractivity contribution is 0.181. The molecule has 0 aromatic heterocycles. The minimum atomic E-state index is -1.02. The summed E-state index contributed by atoms with van der Waals surface area (Å²) in [5.41, 5.74) is -0.401. The van der Waals surface area contributed by atoms with Gasteiger partial charge in [0.25, 0.3) is 0 Å². The number of azo groups is 1. The van der Waals surface area contributed by atoms with Gasteiger partial charge in [-0.1, -0.05) is 23.2 Å². The van der Waals surface area contributed by atoms with Crippen molar-refractivity contribution in [1.82, 2.24) is 0 Å². The maximum atomic E-state index is 10.7. The Bertz CT molecular complexity index is 474. The number of benzene rings is 1. The van der Waals surface area contributed by atoms with Gasteiger partial charge in [-0.05, 0) is 12.1 Å². The van der Waals surface area contributed by atoms with E-state index in [0.29, 0.717) is 0 Å². The standard InChI is InChI=1S/C8H8N2O2/c1-12-8(11)10-9-7-5-3-2-4-6-7/h2-6H,1H3/i2D,3D,4D,5D,6D. The largest absolute Gasteiger partial charge is 0.452 e. The molecule has 0 aliphatic heterocycles. The molecule has 1 rings (SSSR count). The number of amides is 1. The summed E-state index contributed by atoms with van der Waals surface area (Å²) in [7, 11) is 1.09. The fourth-order valence-corrected chi connectivity index (χ4v) is 0.425. The Morgan fingerprint density at radius 1 is 1.50 bits per heavy atom. The van der Waals surface area contributed by atoms with Gasteiger partial charge in [-0.2, -0.15) is 0 Å². The van der Waals surface area contributed by atoms with E-state index < -0.39 is 42.0 Å². The number of ether oxygens (including phenoxy) is 1. The number of rotatable bonds is 1. The van der Waals surface area contributed by atoms with E-state index in [1.54, 1.807) is 0 Å². The van der Waals surface area contributed by atoms with Crippen molar-refractivity contribution < 1.29 is 16.4 Å². The zero-order valence-corrected chi connectivity index (χ0v) is 6.21. The summed E-state index contributed by atoms with van der Waals surface area (Å²) < 4.78 is 41.1. The van der Waals surface area contributed by atoms with Crippen LogP contribution in [-0.2, 0) is 4.74 Å². The first-order valence-corrected chi connectivity index (χ1v) is 2.96. The normalized spacial score (nSPS) is 15.9. The molecule has 12 heavy (non-hydrogen) atoms. The topological polar surface area (TPSA) is 51.0 Å². The summed E-state index contributed by atoms with van der Waals surface area (Å²) >= 11 is 0. The first-order valence-electron chi connectivity index (χ1n) is 5.46. The molecule has 0 radical (unpaired) electrons. The second kappa shape index (κ2) is 4.23. The summed E-state index contributed by atoms with van der Waals surface area (Å²) in [5.74, 6) is 0. The van der Waals surface area contributed by atoms with Crippen molar-refractivity contribution in [3.05, 3.63) is 30.2 Å². The third kappa shape index (κ3) is 2.49. The van der Waals surface area contributed by atoms with Crippen LogP contribution in [0.5, 0.6) is 0 Å². The molecule has 1 aromatic rings. The molecule has 4 heteroatoms. The van der Waals surface area contributed by atoms with E-state index in [1.165, 1.54) is 0 Å². The molecule has 0 atom stereocenters. The van der Waals surface area contributed by atoms with Crippen LogP contribution in [-0.4, -0.2) is 13.2 Å². The summed E-state index contributed by atoms with van der Waals surface area (Å²) in [6.07, 6.45) is -1.02. The van der Waals surface area contributed by atoms with Crippen LogP contribution in [0, 0.1) is 0 Å². The fraction of sp³-hybridized carbons (Fsp3) is 0.125. The predicted molar refractivity (Wildman–Crippen MR) is 43.4 cm³/mol. The fourth-order valence-electron chi connectivity index (χ4n) is 0.425. The van der Waals surface area contributed by atoms with E-state index in [9.17, 15) is 4.79 Å². The van der Waals surface area contributed by atoms with E-state index in [1.807, 2.05) is 0 Å². The van der Waals surface area contributed by atoms with Gasteiger partial charge in [-0.15, -0.1) is 5.11 Å². The zero-order valence-electron chi connectivity index (χ0n) is 11.2. The van der Waals surface area contributed by atoms with Gasteiger partial charge in [-0.25, -0.2) is 4.79 Å². The second-order valence-corrected chi connectivity index (χ2v) is 1.64. The van der Waals surface area contributed by atoms with Crippen LogP contribution in [0.4, 0.5) is 10.5 Å². The Morgan fingerprint density at radius 3 is 2.75 bits per heavy atom. The van der Waals surface area contributed by atoms with Gasteiger partial charge < -0.3 is 4.74 Å². The van der Waals surface area contributed by atoms with Crippen molar-refractivity contribution in [3.8, 4) is 0 Å². The van der Waals surface area contributed by atoms with Crippen molar-refractivity contribution in [2.75, 3.05) is 7.11 Å². The third-order valence-electron chi connectivity index (χ3n) is 0.893. The highest BCUT2D eigenvalue weighted by Crippen LogP contribution is 2.09. The van der Waals surface area contributed by atoms with Gasteiger partial charge in [0.2, 0.25) is 0 Å². The molecule has 0 saturated heterocycles. The van der Waals surface area contributed by atoms with Crippen LogP contribution in [0.3, 0.4) is 0 Å². The van der Waals surface area contributed by atoms with E-state index in [2.05, 4.69) is 15.0 Å². The van der Waals surface area contributed by atoms with Gasteiger partial charge in [0, 0.05) is 0 Å². The number of methoxy groups -OCH3 is 1. The van der Waals surface area contributed by atoms with Gasteiger partial charge in [-0.3, -0.25) is 0 Å². The highest BCUT2D eigenvalue weighted by atomic mass is 16.5. The first-order chi connectivity index (χ1) is 7.90. The SMILES string of the molecule is [2H]c1c([2H])c([2H])c(N=NC(=O)OC)c([2H])c1[2H]. The van der Waals surface area contributed by atoms with Crippen LogP contribution >= 0.6 is 0 Å². The van der Waals surface area contributed by atoms with Gasteiger partial charge in [0.05, 0.1) is 19.7 Å². The van der Waals surface area contributed by atoms with E-state index >= 15 is 0 Å². The average Bonchev–Trinajstić information content (AvgIpc) is 2.33. The lowest BCUT2D eigenvalue weighted by Gasteiger charge is -1.89. The Kier molecular flexibility index (Phi) is 1.34. The number of carbonyl (C=O) groups excluding carboxylic acids is 1. The minimum Gasteiger partial charge on any atom is -0.450 e. The molecule has 0 unspecified atom stereocenters. The number of carbonyl (C=O) groups is 1. The molecule has 1 amide bonds. The predicted octanol–water partition coefficient (Wildman–Crippen LogP) is 2.54. The summed E-state index contributed by atoms with van der Waals surface area (Å²) in [5, 5.41) is 6.33. The maximum Gasteiger partial charge on any atom is 0.452 e. The Hall–Kier alpha value is -1.71. The van der Waals surface area contributed by atoms with E-state index in [4.69, 9.17) is 6.85 Å². The number of hydrogen-bond acceptors (Lipinski definition) is 3. The molecule has 1 aromatic carbocycles. The number of hydrogen-bond donors (Lipinski definition) is 0. The zero-order chi connectivity index (χ0) is 13.2. The third-order valence-corrected chi connectivity index (χ3v) is 0.893. The smallest absolute Gasteiger partial charge is 0.450 e. The highest BCUT2D eigenvalue weighted by Gasteiger charge is 1.92. The molecule has 62 valence electrons. The number of nitrogens with zero attached hydrogens (tertiary/aromatic N) is 2. The summed E-state index contributed by atoms with van der Waals surface area (Å²) in [6.45, 7) is 0. The van der Waals surface area contributed by atoms with Crippen molar-refractivity contribution >= 4 is 11.8 Å². The van der Waals surface area contributed by atoms with Gasteiger partial charge in [0.1, 0.15) is 0 Å². The molecular weight excluding hydrogens is 156 g/mol. The van der Waals surface area contributed by atoms with E-state index in [-0.39, 0.29) is 0 Å². The monoisotopic (exact) mass is 169 g/mol. The van der Waals surface area contributed by atoms with Gasteiger partial charge >= 0.3 is 6.09 Å². The van der Waals surface area contributed by atoms with Crippen LogP contribution in [0.1, 0.15) is 6.85 Å². The van der Waals surface area contributed by atoms with Crippen molar-refractivity contribution in [2.24, 2.45) is 10.2 Å². The summed E-state index contributed by atoms with van der Waals surface area (Å²) in [4.78, 5) is 10.7. The molecule has 0 saturated carbocycles. The van der Waals surface area contributed by atoms with Gasteiger partial charge in [0.15, 0.2) is 0 Å². The van der Waals surface area contributed by atoms with Crippen LogP contribution < -0.4 is 0 Å². The quantitative estimate of drug-likeness (QED) is 0.606. The molecule has 0 N–H and O–H groups in total. The maximum absolute atomic E-state index is 10.7. The lowest BCUT2D eigenvalue weighted by atomic mass is 10.3. The van der Waals surface area contributed by atoms with Crippen LogP contribution in [0.15, 0.2) is 40.4 Å². The van der Waals surface area contributed by atoms with Crippen LogP contribution in [0.2, 0.25) is 0 Å². The molecule has 0 fully saturated rings. The van der Waals surface area contributed by atoms with E-state index in [0.717, 1.165) is 7.11 Å². The Balaban J connectivity index is 3.35. The summed E-state index contributed by atoms with van der Waals surface area (Å²) in [6, 6.07) is -2.65. The molecule has 0 heterocycles. The first kappa shape index (κ1) is 3.80. The molecule has 0 bridgehead atoms. The minimum absolute atomic E-state index is 0.401. The van der Waals surface area contributed by atoms with Crippen LogP contribution in [0.25, 0.3) is 0 Å². The molecule has 0 spiro atoms. The van der Waals surface area contributed by atoms with Crippen molar-refractivity contribution in [1.29, 1.82) is 0 Å². The Morgan fingerprint density at radius 2 is 2.17 bits per heavy atom. The highest BCUT2D eigenvalue weighted by molar-refractivity contribution is 5.67. The molecule has 4 nitrogen and oxygen atoms in total. The second-order valence-electron chi connectivity index (χ2n) is 1.64. The van der Waals surface area contributed by atoms with Crippen molar-refractivity contribution in [2.45, 2.75) is 0 Å². The Labute approximate surface area is 76.9 Å². The molecule has 0 aliphatic rings.